The Morgan fingerprint density at radius 3 is 2.57 bits per heavy atom. The second kappa shape index (κ2) is 7.46. The van der Waals surface area contributed by atoms with E-state index in [4.69, 9.17) is 22.2 Å². The number of nitrogens with two attached hydrogens (primary N) is 1. The lowest BCUT2D eigenvalue weighted by molar-refractivity contribution is 0.311. The predicted octanol–water partition coefficient (Wildman–Crippen LogP) is 3.99. The third kappa shape index (κ3) is 3.56. The molecule has 0 bridgehead atoms. The molecule has 0 saturated heterocycles. The van der Waals surface area contributed by atoms with E-state index in [2.05, 4.69) is 12.3 Å². The summed E-state index contributed by atoms with van der Waals surface area (Å²) in [7, 11) is 0. The standard InChI is InChI=1S/C17H21ClN2O/c1-3-11-21-16-10-5-4-7-14(16)17(20-19)13-8-6-9-15(18)12(13)2/h4-10,17,20H,3,11,19H2,1-2H3. The highest BCUT2D eigenvalue weighted by Crippen LogP contribution is 2.33. The van der Waals surface area contributed by atoms with Gasteiger partial charge in [-0.2, -0.15) is 0 Å². The number of hydrogen-bond acceptors (Lipinski definition) is 3. The molecule has 0 aliphatic heterocycles. The lowest BCUT2D eigenvalue weighted by Gasteiger charge is -2.22. The quantitative estimate of drug-likeness (QED) is 0.626. The van der Waals surface area contributed by atoms with E-state index in [9.17, 15) is 0 Å². The maximum absolute atomic E-state index is 6.23. The smallest absolute Gasteiger partial charge is 0.124 e. The fourth-order valence-electron chi connectivity index (χ4n) is 2.35. The number of hydrogen-bond donors (Lipinski definition) is 2. The van der Waals surface area contributed by atoms with Gasteiger partial charge in [-0.15, -0.1) is 0 Å². The first-order valence-electron chi connectivity index (χ1n) is 7.11. The predicted molar refractivity (Wildman–Crippen MR) is 87.6 cm³/mol. The molecule has 0 heterocycles. The van der Waals surface area contributed by atoms with Gasteiger partial charge in [-0.05, 0) is 36.6 Å². The third-order valence-electron chi connectivity index (χ3n) is 3.48. The van der Waals surface area contributed by atoms with Crippen molar-refractivity contribution >= 4 is 11.6 Å². The average molecular weight is 305 g/mol. The Morgan fingerprint density at radius 2 is 1.86 bits per heavy atom. The Kier molecular flexibility index (Phi) is 5.62. The number of hydrazine groups is 1. The summed E-state index contributed by atoms with van der Waals surface area (Å²) in [6, 6.07) is 13.6. The average Bonchev–Trinajstić information content (AvgIpc) is 2.51. The molecule has 2 aromatic carbocycles. The molecule has 112 valence electrons. The monoisotopic (exact) mass is 304 g/mol. The van der Waals surface area contributed by atoms with Crippen molar-refractivity contribution in [2.24, 2.45) is 5.84 Å². The van der Waals surface area contributed by atoms with E-state index in [0.29, 0.717) is 6.61 Å². The van der Waals surface area contributed by atoms with Crippen molar-refractivity contribution in [3.8, 4) is 5.75 Å². The third-order valence-corrected chi connectivity index (χ3v) is 3.89. The maximum atomic E-state index is 6.23. The summed E-state index contributed by atoms with van der Waals surface area (Å²) in [4.78, 5) is 0. The molecule has 1 atom stereocenters. The molecule has 0 aliphatic carbocycles. The molecule has 0 saturated carbocycles. The van der Waals surface area contributed by atoms with Crippen LogP contribution in [-0.2, 0) is 0 Å². The van der Waals surface area contributed by atoms with Crippen LogP contribution in [0.1, 0.15) is 36.1 Å². The van der Waals surface area contributed by atoms with Crippen LogP contribution in [-0.4, -0.2) is 6.61 Å². The van der Waals surface area contributed by atoms with Gasteiger partial charge in [0.05, 0.1) is 12.6 Å². The van der Waals surface area contributed by atoms with Crippen molar-refractivity contribution in [1.82, 2.24) is 5.43 Å². The highest BCUT2D eigenvalue weighted by molar-refractivity contribution is 6.31. The summed E-state index contributed by atoms with van der Waals surface area (Å²) < 4.78 is 5.83. The van der Waals surface area contributed by atoms with Gasteiger partial charge in [0.1, 0.15) is 5.75 Å². The minimum absolute atomic E-state index is 0.156. The van der Waals surface area contributed by atoms with Crippen LogP contribution in [0.25, 0.3) is 0 Å². The van der Waals surface area contributed by atoms with Crippen molar-refractivity contribution in [3.63, 3.8) is 0 Å². The van der Waals surface area contributed by atoms with Crippen molar-refractivity contribution < 1.29 is 4.74 Å². The van der Waals surface area contributed by atoms with Gasteiger partial charge in [0.15, 0.2) is 0 Å². The second-order valence-electron chi connectivity index (χ2n) is 4.94. The first kappa shape index (κ1) is 15.8. The lowest BCUT2D eigenvalue weighted by atomic mass is 9.95. The molecular weight excluding hydrogens is 284 g/mol. The number of nitrogens with one attached hydrogen (secondary N) is 1. The van der Waals surface area contributed by atoms with Gasteiger partial charge in [0, 0.05) is 10.6 Å². The van der Waals surface area contributed by atoms with Crippen molar-refractivity contribution in [2.45, 2.75) is 26.3 Å². The minimum atomic E-state index is -0.156. The highest BCUT2D eigenvalue weighted by atomic mass is 35.5. The molecule has 3 N–H and O–H groups in total. The fourth-order valence-corrected chi connectivity index (χ4v) is 2.53. The van der Waals surface area contributed by atoms with Gasteiger partial charge in [0.2, 0.25) is 0 Å². The Balaban J connectivity index is 2.44. The number of benzene rings is 2. The summed E-state index contributed by atoms with van der Waals surface area (Å²) in [6.07, 6.45) is 0.964. The van der Waals surface area contributed by atoms with E-state index >= 15 is 0 Å². The molecule has 0 aromatic heterocycles. The SMILES string of the molecule is CCCOc1ccccc1C(NN)c1cccc(Cl)c1C. The van der Waals surface area contributed by atoms with Crippen LogP contribution in [0.2, 0.25) is 5.02 Å². The van der Waals surface area contributed by atoms with E-state index < -0.39 is 0 Å². The number of ether oxygens (including phenoxy) is 1. The van der Waals surface area contributed by atoms with Gasteiger partial charge in [0.25, 0.3) is 0 Å². The second-order valence-corrected chi connectivity index (χ2v) is 5.35. The Bertz CT molecular complexity index is 601. The summed E-state index contributed by atoms with van der Waals surface area (Å²) >= 11 is 6.23. The van der Waals surface area contributed by atoms with Gasteiger partial charge >= 0.3 is 0 Å². The molecule has 1 unspecified atom stereocenters. The van der Waals surface area contributed by atoms with Crippen molar-refractivity contribution in [3.05, 3.63) is 64.2 Å². The normalized spacial score (nSPS) is 12.2. The van der Waals surface area contributed by atoms with Crippen molar-refractivity contribution in [2.75, 3.05) is 6.61 Å². The van der Waals surface area contributed by atoms with Gasteiger partial charge in [-0.1, -0.05) is 48.9 Å². The molecule has 21 heavy (non-hydrogen) atoms. The van der Waals surface area contributed by atoms with E-state index in [0.717, 1.165) is 33.9 Å². The molecule has 0 fully saturated rings. The van der Waals surface area contributed by atoms with E-state index in [1.54, 1.807) is 0 Å². The fraction of sp³-hybridized carbons (Fsp3) is 0.294. The van der Waals surface area contributed by atoms with Crippen molar-refractivity contribution in [1.29, 1.82) is 0 Å². The molecule has 0 radical (unpaired) electrons. The zero-order valence-electron chi connectivity index (χ0n) is 12.4. The number of para-hydroxylation sites is 1. The van der Waals surface area contributed by atoms with E-state index in [1.165, 1.54) is 0 Å². The van der Waals surface area contributed by atoms with Crippen LogP contribution >= 0.6 is 11.6 Å². The Labute approximate surface area is 131 Å². The summed E-state index contributed by atoms with van der Waals surface area (Å²) in [5.41, 5.74) is 5.97. The summed E-state index contributed by atoms with van der Waals surface area (Å²) in [5, 5.41) is 0.736. The molecule has 3 nitrogen and oxygen atoms in total. The molecule has 0 spiro atoms. The molecule has 0 amide bonds. The molecule has 0 aliphatic rings. The van der Waals surface area contributed by atoms with Crippen LogP contribution in [0.3, 0.4) is 0 Å². The van der Waals surface area contributed by atoms with Gasteiger partial charge in [-0.25, -0.2) is 5.43 Å². The molecule has 4 heteroatoms. The molecule has 2 rings (SSSR count). The van der Waals surface area contributed by atoms with Crippen LogP contribution in [0, 0.1) is 6.92 Å². The van der Waals surface area contributed by atoms with Crippen LogP contribution in [0.5, 0.6) is 5.75 Å². The lowest BCUT2D eigenvalue weighted by Crippen LogP contribution is -2.29. The summed E-state index contributed by atoms with van der Waals surface area (Å²) in [6.45, 7) is 4.77. The first-order chi connectivity index (χ1) is 10.2. The minimum Gasteiger partial charge on any atom is -0.493 e. The first-order valence-corrected chi connectivity index (χ1v) is 7.49. The van der Waals surface area contributed by atoms with Crippen LogP contribution < -0.4 is 16.0 Å². The number of rotatable bonds is 6. The van der Waals surface area contributed by atoms with Gasteiger partial charge < -0.3 is 4.74 Å². The van der Waals surface area contributed by atoms with E-state index in [1.807, 2.05) is 49.4 Å². The zero-order valence-corrected chi connectivity index (χ0v) is 13.2. The molecule has 2 aromatic rings. The Hall–Kier alpha value is -1.55. The van der Waals surface area contributed by atoms with Crippen LogP contribution in [0.4, 0.5) is 0 Å². The number of halogens is 1. The largest absolute Gasteiger partial charge is 0.493 e. The maximum Gasteiger partial charge on any atom is 0.124 e. The molecular formula is C17H21ClN2O. The van der Waals surface area contributed by atoms with E-state index in [-0.39, 0.29) is 6.04 Å². The Morgan fingerprint density at radius 1 is 1.14 bits per heavy atom. The van der Waals surface area contributed by atoms with Crippen LogP contribution in [0.15, 0.2) is 42.5 Å². The zero-order chi connectivity index (χ0) is 15.2. The summed E-state index contributed by atoms with van der Waals surface area (Å²) in [5.74, 6) is 6.65. The highest BCUT2D eigenvalue weighted by Gasteiger charge is 2.19. The topological polar surface area (TPSA) is 47.3 Å². The van der Waals surface area contributed by atoms with Gasteiger partial charge in [-0.3, -0.25) is 5.84 Å².